The van der Waals surface area contributed by atoms with Gasteiger partial charge in [0.05, 0.1) is 25.5 Å². The van der Waals surface area contributed by atoms with Gasteiger partial charge in [-0.25, -0.2) is 4.98 Å². The van der Waals surface area contributed by atoms with Crippen LogP contribution in [0.5, 0.6) is 0 Å². The minimum absolute atomic E-state index is 0.171. The molecule has 2 aromatic rings. The molecule has 0 radical (unpaired) electrons. The van der Waals surface area contributed by atoms with Gasteiger partial charge >= 0.3 is 0 Å². The van der Waals surface area contributed by atoms with Gasteiger partial charge in [0.25, 0.3) is 0 Å². The first-order valence-corrected chi connectivity index (χ1v) is 5.50. The quantitative estimate of drug-likeness (QED) is 0.706. The number of nitrogens with one attached hydrogen (secondary N) is 1. The lowest BCUT2D eigenvalue weighted by atomic mass is 10.3. The summed E-state index contributed by atoms with van der Waals surface area (Å²) in [6.45, 7) is 1.60. The highest BCUT2D eigenvalue weighted by molar-refractivity contribution is 5.84. The maximum atomic E-state index is 8.90. The van der Waals surface area contributed by atoms with Crippen LogP contribution in [0, 0.1) is 11.3 Å². The van der Waals surface area contributed by atoms with Crippen LogP contribution in [0.1, 0.15) is 0 Å². The molecule has 92 valence electrons. The minimum Gasteiger partial charge on any atom is -0.368 e. The molecule has 0 spiro atoms. The molecule has 3 heterocycles. The second kappa shape index (κ2) is 4.12. The molecule has 1 unspecified atom stereocenters. The number of nitriles is 1. The smallest absolute Gasteiger partial charge is 0.224 e. The van der Waals surface area contributed by atoms with E-state index < -0.39 is 6.10 Å². The first-order chi connectivity index (χ1) is 8.78. The van der Waals surface area contributed by atoms with Crippen LogP contribution in [-0.4, -0.2) is 45.7 Å². The first kappa shape index (κ1) is 10.7. The van der Waals surface area contributed by atoms with Crippen molar-refractivity contribution in [2.75, 3.05) is 30.3 Å². The topological polar surface area (TPSA) is 117 Å². The van der Waals surface area contributed by atoms with Crippen LogP contribution in [0.3, 0.4) is 0 Å². The van der Waals surface area contributed by atoms with E-state index in [0.29, 0.717) is 31.2 Å². The second-order valence-corrected chi connectivity index (χ2v) is 3.94. The first-order valence-electron chi connectivity index (χ1n) is 5.50. The Morgan fingerprint density at radius 2 is 2.44 bits per heavy atom. The van der Waals surface area contributed by atoms with E-state index in [0.717, 1.165) is 5.52 Å². The van der Waals surface area contributed by atoms with Crippen molar-refractivity contribution < 1.29 is 4.74 Å². The summed E-state index contributed by atoms with van der Waals surface area (Å²) >= 11 is 0. The Morgan fingerprint density at radius 1 is 1.56 bits per heavy atom. The third-order valence-corrected chi connectivity index (χ3v) is 2.79. The lowest BCUT2D eigenvalue weighted by Gasteiger charge is -2.30. The number of hydrogen-bond donors (Lipinski definition) is 2. The van der Waals surface area contributed by atoms with E-state index in [1.54, 1.807) is 6.33 Å². The summed E-state index contributed by atoms with van der Waals surface area (Å²) in [5.74, 6) is 0.836. The predicted octanol–water partition coefficient (Wildman–Crippen LogP) is -0.336. The number of nitrogens with two attached hydrogens (primary N) is 1. The molecular weight excluding hydrogens is 234 g/mol. The van der Waals surface area contributed by atoms with Gasteiger partial charge in [0.15, 0.2) is 17.6 Å². The van der Waals surface area contributed by atoms with Crippen LogP contribution in [0.25, 0.3) is 11.2 Å². The number of anilines is 2. The number of aromatic nitrogens is 4. The minimum atomic E-state index is -0.451. The average molecular weight is 245 g/mol. The fraction of sp³-hybridized carbons (Fsp3) is 0.400. The van der Waals surface area contributed by atoms with Crippen molar-refractivity contribution in [1.82, 2.24) is 19.9 Å². The molecule has 0 aliphatic carbocycles. The van der Waals surface area contributed by atoms with E-state index in [1.165, 1.54) is 0 Å². The molecule has 0 aromatic carbocycles. The van der Waals surface area contributed by atoms with Crippen LogP contribution in [0.2, 0.25) is 0 Å². The SMILES string of the molecule is N#CC1CN(c2nc(N)nc3nc[nH]c23)CCO1. The lowest BCUT2D eigenvalue weighted by Crippen LogP contribution is -2.42. The fourth-order valence-corrected chi connectivity index (χ4v) is 1.98. The molecule has 8 heteroatoms. The van der Waals surface area contributed by atoms with Crippen molar-refractivity contribution in [2.24, 2.45) is 0 Å². The van der Waals surface area contributed by atoms with E-state index in [9.17, 15) is 0 Å². The number of imidazole rings is 1. The number of rotatable bonds is 1. The third kappa shape index (κ3) is 1.70. The summed E-state index contributed by atoms with van der Waals surface area (Å²) in [6.07, 6.45) is 1.10. The Bertz CT molecular complexity index is 616. The Kier molecular flexibility index (Phi) is 2.46. The van der Waals surface area contributed by atoms with Crippen LogP contribution < -0.4 is 10.6 Å². The molecule has 0 bridgehead atoms. The predicted molar refractivity (Wildman–Crippen MR) is 63.7 cm³/mol. The molecule has 0 saturated carbocycles. The molecule has 1 saturated heterocycles. The third-order valence-electron chi connectivity index (χ3n) is 2.79. The van der Waals surface area contributed by atoms with Crippen molar-refractivity contribution in [3.05, 3.63) is 6.33 Å². The highest BCUT2D eigenvalue weighted by Gasteiger charge is 2.23. The van der Waals surface area contributed by atoms with Crippen molar-refractivity contribution in [2.45, 2.75) is 6.10 Å². The second-order valence-electron chi connectivity index (χ2n) is 3.94. The van der Waals surface area contributed by atoms with Crippen LogP contribution >= 0.6 is 0 Å². The number of fused-ring (bicyclic) bond motifs is 1. The molecule has 1 atom stereocenters. The van der Waals surface area contributed by atoms with Crippen LogP contribution in [-0.2, 0) is 4.74 Å². The van der Waals surface area contributed by atoms with Gasteiger partial charge in [0.2, 0.25) is 5.95 Å². The van der Waals surface area contributed by atoms with E-state index in [1.807, 2.05) is 4.90 Å². The van der Waals surface area contributed by atoms with Crippen molar-refractivity contribution in [3.63, 3.8) is 0 Å². The summed E-state index contributed by atoms with van der Waals surface area (Å²) in [6, 6.07) is 2.10. The summed E-state index contributed by atoms with van der Waals surface area (Å²) < 4.78 is 5.30. The Balaban J connectivity index is 2.03. The van der Waals surface area contributed by atoms with Gasteiger partial charge in [-0.1, -0.05) is 0 Å². The van der Waals surface area contributed by atoms with E-state index >= 15 is 0 Å². The fourth-order valence-electron chi connectivity index (χ4n) is 1.98. The molecule has 1 aliphatic heterocycles. The van der Waals surface area contributed by atoms with Gasteiger partial charge in [-0.05, 0) is 0 Å². The molecule has 1 aliphatic rings. The number of morpholine rings is 1. The number of H-pyrrole nitrogens is 1. The van der Waals surface area contributed by atoms with Crippen LogP contribution in [0.4, 0.5) is 11.8 Å². The molecular formula is C10H11N7O. The van der Waals surface area contributed by atoms with Crippen molar-refractivity contribution >= 4 is 22.9 Å². The highest BCUT2D eigenvalue weighted by Crippen LogP contribution is 2.23. The zero-order valence-electron chi connectivity index (χ0n) is 9.50. The van der Waals surface area contributed by atoms with Crippen molar-refractivity contribution in [3.8, 4) is 6.07 Å². The monoisotopic (exact) mass is 245 g/mol. The molecule has 18 heavy (non-hydrogen) atoms. The number of nitrogens with zero attached hydrogens (tertiary/aromatic N) is 5. The maximum Gasteiger partial charge on any atom is 0.224 e. The molecule has 3 N–H and O–H groups in total. The van der Waals surface area contributed by atoms with Crippen molar-refractivity contribution in [1.29, 1.82) is 5.26 Å². The zero-order chi connectivity index (χ0) is 12.5. The molecule has 3 rings (SSSR count). The van der Waals surface area contributed by atoms with E-state index in [-0.39, 0.29) is 5.95 Å². The van der Waals surface area contributed by atoms with Gasteiger partial charge in [-0.15, -0.1) is 0 Å². The molecule has 8 nitrogen and oxygen atoms in total. The Hall–Kier alpha value is -2.40. The number of aromatic amines is 1. The number of ether oxygens (including phenoxy) is 1. The van der Waals surface area contributed by atoms with Gasteiger partial charge in [-0.2, -0.15) is 15.2 Å². The average Bonchev–Trinajstić information content (AvgIpc) is 2.85. The maximum absolute atomic E-state index is 8.90. The highest BCUT2D eigenvalue weighted by atomic mass is 16.5. The van der Waals surface area contributed by atoms with Gasteiger partial charge in [0.1, 0.15) is 5.52 Å². The van der Waals surface area contributed by atoms with Gasteiger partial charge in [0, 0.05) is 6.54 Å². The molecule has 2 aromatic heterocycles. The largest absolute Gasteiger partial charge is 0.368 e. The van der Waals surface area contributed by atoms with Crippen LogP contribution in [0.15, 0.2) is 6.33 Å². The normalized spacial score (nSPS) is 19.9. The number of nitrogen functional groups attached to an aromatic ring is 1. The van der Waals surface area contributed by atoms with E-state index in [4.69, 9.17) is 15.7 Å². The molecule has 1 fully saturated rings. The number of hydrogen-bond acceptors (Lipinski definition) is 7. The zero-order valence-corrected chi connectivity index (χ0v) is 9.50. The van der Waals surface area contributed by atoms with E-state index in [2.05, 4.69) is 26.0 Å². The van der Waals surface area contributed by atoms with Gasteiger partial charge in [-0.3, -0.25) is 0 Å². The summed E-state index contributed by atoms with van der Waals surface area (Å²) in [5, 5.41) is 8.90. The standard InChI is InChI=1S/C10H11N7O/c11-3-6-4-17(1-2-18-6)9-7-8(14-5-13-7)15-10(12)16-9/h5-6H,1-2,4H2,(H3,12,13,14,15,16). The Morgan fingerprint density at radius 3 is 3.28 bits per heavy atom. The van der Waals surface area contributed by atoms with Gasteiger partial charge < -0.3 is 20.4 Å². The Labute approximate surface area is 102 Å². The lowest BCUT2D eigenvalue weighted by molar-refractivity contribution is 0.0762. The summed E-state index contributed by atoms with van der Waals surface area (Å²) in [5.41, 5.74) is 6.91. The summed E-state index contributed by atoms with van der Waals surface area (Å²) in [4.78, 5) is 17.3. The summed E-state index contributed by atoms with van der Waals surface area (Å²) in [7, 11) is 0. The molecule has 0 amide bonds.